The zero-order valence-corrected chi connectivity index (χ0v) is 16.8. The molecular weight excluding hydrogens is 376 g/mol. The van der Waals surface area contributed by atoms with Crippen molar-refractivity contribution in [3.63, 3.8) is 0 Å². The Balaban J connectivity index is 1.39. The molecule has 2 heterocycles. The highest BCUT2D eigenvalue weighted by molar-refractivity contribution is 5.67. The average molecular weight is 403 g/mol. The first-order valence-corrected chi connectivity index (χ1v) is 10.4. The van der Waals surface area contributed by atoms with E-state index >= 15 is 0 Å². The zero-order chi connectivity index (χ0) is 20.6. The molecule has 1 unspecified atom stereocenters. The van der Waals surface area contributed by atoms with E-state index in [0.29, 0.717) is 29.8 Å². The van der Waals surface area contributed by atoms with Crippen LogP contribution >= 0.6 is 0 Å². The van der Waals surface area contributed by atoms with Crippen LogP contribution in [0.3, 0.4) is 0 Å². The Labute approximate surface area is 175 Å². The number of anilines is 3. The Morgan fingerprint density at radius 2 is 1.90 bits per heavy atom. The van der Waals surface area contributed by atoms with E-state index < -0.39 is 0 Å². The molecule has 2 aliphatic rings. The van der Waals surface area contributed by atoms with E-state index in [1.54, 1.807) is 24.7 Å². The largest absolute Gasteiger partial charge is 0.364 e. The minimum absolute atomic E-state index is 0.104. The first-order valence-electron chi connectivity index (χ1n) is 10.4. The molecular formula is C22H26N8. The predicted molar refractivity (Wildman–Crippen MR) is 117 cm³/mol. The Kier molecular flexibility index (Phi) is 4.80. The third-order valence-electron chi connectivity index (χ3n) is 5.83. The van der Waals surface area contributed by atoms with E-state index in [1.807, 2.05) is 24.3 Å². The molecule has 6 N–H and O–H groups in total. The van der Waals surface area contributed by atoms with Gasteiger partial charge in [-0.2, -0.15) is 0 Å². The smallest absolute Gasteiger partial charge is 0.159 e. The van der Waals surface area contributed by atoms with Gasteiger partial charge in [0.2, 0.25) is 0 Å². The van der Waals surface area contributed by atoms with Gasteiger partial charge in [-0.1, -0.05) is 12.1 Å². The van der Waals surface area contributed by atoms with Crippen molar-refractivity contribution in [2.24, 2.45) is 17.4 Å². The topological polar surface area (TPSA) is 128 Å². The number of benzene rings is 1. The van der Waals surface area contributed by atoms with Gasteiger partial charge in [0, 0.05) is 41.8 Å². The molecule has 8 nitrogen and oxygen atoms in total. The molecule has 0 radical (unpaired) electrons. The quantitative estimate of drug-likeness (QED) is 0.453. The number of nitrogens with one attached hydrogen (secondary N) is 2. The molecule has 0 bridgehead atoms. The van der Waals surface area contributed by atoms with Crippen LogP contribution in [0.1, 0.15) is 31.4 Å². The van der Waals surface area contributed by atoms with Crippen LogP contribution in [-0.4, -0.2) is 31.5 Å². The predicted octanol–water partition coefficient (Wildman–Crippen LogP) is 2.82. The molecule has 0 aliphatic heterocycles. The van der Waals surface area contributed by atoms with Gasteiger partial charge in [-0.25, -0.2) is 15.0 Å². The molecule has 0 saturated heterocycles. The third kappa shape index (κ3) is 3.96. The van der Waals surface area contributed by atoms with Crippen molar-refractivity contribution in [1.82, 2.24) is 19.9 Å². The molecule has 30 heavy (non-hydrogen) atoms. The van der Waals surface area contributed by atoms with Gasteiger partial charge >= 0.3 is 0 Å². The van der Waals surface area contributed by atoms with Crippen molar-refractivity contribution in [2.45, 2.75) is 43.8 Å². The summed E-state index contributed by atoms with van der Waals surface area (Å²) >= 11 is 0. The van der Waals surface area contributed by atoms with Gasteiger partial charge in [-0.3, -0.25) is 4.98 Å². The van der Waals surface area contributed by atoms with Crippen molar-refractivity contribution in [3.05, 3.63) is 54.6 Å². The molecule has 8 heteroatoms. The van der Waals surface area contributed by atoms with Gasteiger partial charge < -0.3 is 22.1 Å². The van der Waals surface area contributed by atoms with E-state index in [2.05, 4.69) is 25.6 Å². The maximum absolute atomic E-state index is 6.51. The highest BCUT2D eigenvalue weighted by Crippen LogP contribution is 2.47. The van der Waals surface area contributed by atoms with E-state index in [0.717, 1.165) is 29.9 Å². The summed E-state index contributed by atoms with van der Waals surface area (Å²) in [5, 5.41) is 6.92. The highest BCUT2D eigenvalue weighted by Gasteiger charge is 2.51. The molecule has 2 fully saturated rings. The van der Waals surface area contributed by atoms with Gasteiger partial charge in [0.05, 0.1) is 11.9 Å². The Bertz CT molecular complexity index is 1030. The molecule has 1 atom stereocenters. The van der Waals surface area contributed by atoms with Crippen LogP contribution in [0, 0.1) is 5.92 Å². The fourth-order valence-electron chi connectivity index (χ4n) is 3.83. The lowest BCUT2D eigenvalue weighted by Gasteiger charge is -2.25. The Morgan fingerprint density at radius 1 is 1.10 bits per heavy atom. The SMILES string of the molecule is NCc1ncc(NC(C2CC2)C2(N)CC2)nc1Nc1cccc(-c2ncccn2)c1. The van der Waals surface area contributed by atoms with Gasteiger partial charge in [-0.05, 0) is 49.8 Å². The summed E-state index contributed by atoms with van der Waals surface area (Å²) in [6, 6.07) is 9.95. The van der Waals surface area contributed by atoms with Crippen LogP contribution in [0.25, 0.3) is 11.4 Å². The highest BCUT2D eigenvalue weighted by atomic mass is 15.1. The minimum atomic E-state index is -0.104. The maximum atomic E-state index is 6.51. The Morgan fingerprint density at radius 3 is 2.60 bits per heavy atom. The number of aromatic nitrogens is 4. The first kappa shape index (κ1) is 18.9. The van der Waals surface area contributed by atoms with Crippen LogP contribution in [0.2, 0.25) is 0 Å². The molecule has 1 aromatic carbocycles. The molecule has 2 aromatic heterocycles. The van der Waals surface area contributed by atoms with Gasteiger partial charge in [-0.15, -0.1) is 0 Å². The maximum Gasteiger partial charge on any atom is 0.159 e. The lowest BCUT2D eigenvalue weighted by atomic mass is 10.0. The van der Waals surface area contributed by atoms with Crippen molar-refractivity contribution < 1.29 is 0 Å². The van der Waals surface area contributed by atoms with E-state index in [4.69, 9.17) is 16.5 Å². The molecule has 3 aromatic rings. The third-order valence-corrected chi connectivity index (χ3v) is 5.83. The average Bonchev–Trinajstić information content (AvgIpc) is 3.71. The van der Waals surface area contributed by atoms with E-state index in [9.17, 15) is 0 Å². The number of nitrogens with two attached hydrogens (primary N) is 2. The second-order valence-corrected chi connectivity index (χ2v) is 8.23. The summed E-state index contributed by atoms with van der Waals surface area (Å²) in [6.45, 7) is 0.296. The van der Waals surface area contributed by atoms with Gasteiger partial charge in [0.25, 0.3) is 0 Å². The first-order chi connectivity index (χ1) is 14.6. The summed E-state index contributed by atoms with van der Waals surface area (Å²) in [4.78, 5) is 18.0. The molecule has 5 rings (SSSR count). The zero-order valence-electron chi connectivity index (χ0n) is 16.8. The summed E-state index contributed by atoms with van der Waals surface area (Å²) in [5.41, 5.74) is 14.8. The minimum Gasteiger partial charge on any atom is -0.364 e. The van der Waals surface area contributed by atoms with Crippen molar-refractivity contribution in [1.29, 1.82) is 0 Å². The van der Waals surface area contributed by atoms with Crippen molar-refractivity contribution in [2.75, 3.05) is 10.6 Å². The summed E-state index contributed by atoms with van der Waals surface area (Å²) in [7, 11) is 0. The number of rotatable bonds is 8. The standard InChI is InChI=1S/C22H26N8/c23-12-17-21(28-16-4-1-3-15(11-16)20-25-9-2-10-26-20)30-18(13-27-17)29-19(14-5-6-14)22(24)7-8-22/h1-4,9-11,13-14,19H,5-8,12,23-24H2,(H2,28,29,30). The van der Waals surface area contributed by atoms with Crippen molar-refractivity contribution in [3.8, 4) is 11.4 Å². The van der Waals surface area contributed by atoms with Crippen LogP contribution in [0.15, 0.2) is 48.9 Å². The van der Waals surface area contributed by atoms with Crippen LogP contribution < -0.4 is 22.1 Å². The van der Waals surface area contributed by atoms with Crippen LogP contribution in [0.5, 0.6) is 0 Å². The number of hydrogen-bond acceptors (Lipinski definition) is 8. The lowest BCUT2D eigenvalue weighted by molar-refractivity contribution is 0.494. The van der Waals surface area contributed by atoms with Gasteiger partial charge in [0.1, 0.15) is 5.82 Å². The summed E-state index contributed by atoms with van der Waals surface area (Å²) in [5.74, 6) is 2.68. The summed E-state index contributed by atoms with van der Waals surface area (Å²) in [6.07, 6.45) is 9.80. The van der Waals surface area contributed by atoms with Crippen LogP contribution in [0.4, 0.5) is 17.3 Å². The number of nitrogens with zero attached hydrogens (tertiary/aromatic N) is 4. The second kappa shape index (κ2) is 7.62. The molecule has 2 aliphatic carbocycles. The molecule has 154 valence electrons. The number of hydrogen-bond donors (Lipinski definition) is 4. The second-order valence-electron chi connectivity index (χ2n) is 8.23. The monoisotopic (exact) mass is 402 g/mol. The lowest BCUT2D eigenvalue weighted by Crippen LogP contribution is -2.44. The normalized spacial score (nSPS) is 17.9. The van der Waals surface area contributed by atoms with Gasteiger partial charge in [0.15, 0.2) is 11.6 Å². The molecule has 0 amide bonds. The fourth-order valence-corrected chi connectivity index (χ4v) is 3.83. The summed E-state index contributed by atoms with van der Waals surface area (Å²) < 4.78 is 0. The fraction of sp³-hybridized carbons (Fsp3) is 0.364. The van der Waals surface area contributed by atoms with Crippen molar-refractivity contribution >= 4 is 17.3 Å². The molecule has 2 saturated carbocycles. The Hall–Kier alpha value is -3.10. The molecule has 0 spiro atoms. The van der Waals surface area contributed by atoms with E-state index in [-0.39, 0.29) is 11.6 Å². The van der Waals surface area contributed by atoms with E-state index in [1.165, 1.54) is 12.8 Å². The van der Waals surface area contributed by atoms with Crippen LogP contribution in [-0.2, 0) is 6.54 Å².